The second kappa shape index (κ2) is 6.62. The Morgan fingerprint density at radius 3 is 2.29 bits per heavy atom. The van der Waals surface area contributed by atoms with Gasteiger partial charge in [-0.15, -0.1) is 12.4 Å². The molecule has 0 saturated carbocycles. The third-order valence-corrected chi connectivity index (χ3v) is 2.59. The number of rotatable bonds is 4. The largest absolute Gasteiger partial charge is 0.341 e. The number of hydrogen-bond acceptors (Lipinski definition) is 2. The molecule has 0 radical (unpaired) electrons. The van der Waals surface area contributed by atoms with Crippen molar-refractivity contribution in [1.82, 2.24) is 4.90 Å². The minimum Gasteiger partial charge on any atom is -0.341 e. The van der Waals surface area contributed by atoms with Crippen LogP contribution in [0, 0.1) is 5.41 Å². The van der Waals surface area contributed by atoms with Crippen molar-refractivity contribution in [2.24, 2.45) is 11.1 Å². The second-order valence-electron chi connectivity index (χ2n) is 4.90. The second-order valence-corrected chi connectivity index (χ2v) is 4.90. The smallest absolute Gasteiger partial charge is 0.253 e. The number of benzene rings is 1. The number of carbonyl (C=O) groups is 1. The van der Waals surface area contributed by atoms with Gasteiger partial charge in [0, 0.05) is 19.2 Å². The molecule has 3 nitrogen and oxygen atoms in total. The predicted molar refractivity (Wildman–Crippen MR) is 73.5 cm³/mol. The molecule has 0 spiro atoms. The van der Waals surface area contributed by atoms with Crippen molar-refractivity contribution in [2.75, 3.05) is 20.1 Å². The number of amides is 1. The summed E-state index contributed by atoms with van der Waals surface area (Å²) < 4.78 is 0. The number of hydrogen-bond donors (Lipinski definition) is 1. The van der Waals surface area contributed by atoms with Crippen LogP contribution in [0.25, 0.3) is 0 Å². The molecule has 1 amide bonds. The minimum atomic E-state index is -0.0425. The van der Waals surface area contributed by atoms with E-state index < -0.39 is 0 Å². The van der Waals surface area contributed by atoms with Crippen molar-refractivity contribution in [1.29, 1.82) is 0 Å². The van der Waals surface area contributed by atoms with Crippen LogP contribution in [-0.2, 0) is 0 Å². The lowest BCUT2D eigenvalue weighted by atomic mass is 9.93. The normalized spacial score (nSPS) is 10.6. The van der Waals surface area contributed by atoms with Crippen molar-refractivity contribution in [3.8, 4) is 0 Å². The SMILES string of the molecule is CN(CC(C)(C)CN)C(=O)c1ccccc1.Cl. The highest BCUT2D eigenvalue weighted by atomic mass is 35.5. The molecule has 0 saturated heterocycles. The molecule has 0 aliphatic rings. The molecule has 96 valence electrons. The van der Waals surface area contributed by atoms with Crippen molar-refractivity contribution in [3.05, 3.63) is 35.9 Å². The van der Waals surface area contributed by atoms with E-state index in [0.717, 1.165) is 5.56 Å². The van der Waals surface area contributed by atoms with Gasteiger partial charge in [0.05, 0.1) is 0 Å². The quantitative estimate of drug-likeness (QED) is 0.898. The lowest BCUT2D eigenvalue weighted by molar-refractivity contribution is 0.0740. The molecule has 0 unspecified atom stereocenters. The van der Waals surface area contributed by atoms with Gasteiger partial charge in [0.1, 0.15) is 0 Å². The van der Waals surface area contributed by atoms with E-state index in [2.05, 4.69) is 13.8 Å². The van der Waals surface area contributed by atoms with Gasteiger partial charge in [0.25, 0.3) is 5.91 Å². The Kier molecular flexibility index (Phi) is 6.21. The topological polar surface area (TPSA) is 46.3 Å². The number of halogens is 1. The van der Waals surface area contributed by atoms with Gasteiger partial charge in [0.2, 0.25) is 0 Å². The third-order valence-electron chi connectivity index (χ3n) is 2.59. The van der Waals surface area contributed by atoms with Gasteiger partial charge in [0.15, 0.2) is 0 Å². The Bertz CT molecular complexity index is 352. The molecule has 0 fully saturated rings. The first-order valence-corrected chi connectivity index (χ1v) is 5.47. The van der Waals surface area contributed by atoms with E-state index in [1.165, 1.54) is 0 Å². The zero-order chi connectivity index (χ0) is 12.2. The van der Waals surface area contributed by atoms with Gasteiger partial charge in [-0.1, -0.05) is 32.0 Å². The van der Waals surface area contributed by atoms with Crippen molar-refractivity contribution in [3.63, 3.8) is 0 Å². The molecule has 1 aromatic carbocycles. The zero-order valence-corrected chi connectivity index (χ0v) is 11.5. The molecule has 0 heterocycles. The van der Waals surface area contributed by atoms with Crippen molar-refractivity contribution < 1.29 is 4.79 Å². The molecule has 1 aromatic rings. The van der Waals surface area contributed by atoms with Crippen LogP contribution >= 0.6 is 12.4 Å². The van der Waals surface area contributed by atoms with Gasteiger partial charge in [-0.3, -0.25) is 4.79 Å². The number of nitrogens with zero attached hydrogens (tertiary/aromatic N) is 1. The van der Waals surface area contributed by atoms with Crippen LogP contribution in [0.1, 0.15) is 24.2 Å². The molecule has 17 heavy (non-hydrogen) atoms. The van der Waals surface area contributed by atoms with Crippen LogP contribution in [-0.4, -0.2) is 30.9 Å². The molecule has 0 atom stereocenters. The molecular weight excluding hydrogens is 236 g/mol. The fraction of sp³-hybridized carbons (Fsp3) is 0.462. The van der Waals surface area contributed by atoms with Crippen LogP contribution in [0.3, 0.4) is 0 Å². The summed E-state index contributed by atoms with van der Waals surface area (Å²) in [5.41, 5.74) is 6.33. The van der Waals surface area contributed by atoms with Crippen LogP contribution in [0.15, 0.2) is 30.3 Å². The zero-order valence-electron chi connectivity index (χ0n) is 10.6. The lowest BCUT2D eigenvalue weighted by Gasteiger charge is -2.29. The average Bonchev–Trinajstić information content (AvgIpc) is 2.28. The van der Waals surface area contributed by atoms with E-state index in [-0.39, 0.29) is 23.7 Å². The van der Waals surface area contributed by atoms with Crippen LogP contribution in [0.5, 0.6) is 0 Å². The molecule has 4 heteroatoms. The molecule has 2 N–H and O–H groups in total. The van der Waals surface area contributed by atoms with E-state index in [1.54, 1.807) is 4.90 Å². The monoisotopic (exact) mass is 256 g/mol. The van der Waals surface area contributed by atoms with Crippen LogP contribution in [0.2, 0.25) is 0 Å². The minimum absolute atomic E-state index is 0. The fourth-order valence-electron chi connectivity index (χ4n) is 1.58. The fourth-order valence-corrected chi connectivity index (χ4v) is 1.58. The Morgan fingerprint density at radius 1 is 1.29 bits per heavy atom. The average molecular weight is 257 g/mol. The van der Waals surface area contributed by atoms with Gasteiger partial charge in [-0.05, 0) is 24.1 Å². The Balaban J connectivity index is 0.00000256. The molecule has 0 aromatic heterocycles. The summed E-state index contributed by atoms with van der Waals surface area (Å²) in [6.07, 6.45) is 0. The molecular formula is C13H21ClN2O. The molecule has 0 aliphatic heterocycles. The van der Waals surface area contributed by atoms with E-state index in [1.807, 2.05) is 37.4 Å². The lowest BCUT2D eigenvalue weighted by Crippen LogP contribution is -2.39. The van der Waals surface area contributed by atoms with Crippen molar-refractivity contribution in [2.45, 2.75) is 13.8 Å². The number of nitrogens with two attached hydrogens (primary N) is 1. The highest BCUT2D eigenvalue weighted by Gasteiger charge is 2.21. The van der Waals surface area contributed by atoms with Crippen molar-refractivity contribution >= 4 is 18.3 Å². The Hall–Kier alpha value is -1.06. The number of carbonyl (C=O) groups excluding carboxylic acids is 1. The molecule has 0 bridgehead atoms. The summed E-state index contributed by atoms with van der Waals surface area (Å²) in [6.45, 7) is 5.35. The summed E-state index contributed by atoms with van der Waals surface area (Å²) in [7, 11) is 1.81. The molecule has 0 aliphatic carbocycles. The highest BCUT2D eigenvalue weighted by molar-refractivity contribution is 5.94. The standard InChI is InChI=1S/C13H20N2O.ClH/c1-13(2,9-14)10-15(3)12(16)11-7-5-4-6-8-11;/h4-8H,9-10,14H2,1-3H3;1H. The van der Waals surface area contributed by atoms with E-state index in [4.69, 9.17) is 5.73 Å². The first-order valence-electron chi connectivity index (χ1n) is 5.47. The first kappa shape index (κ1) is 15.9. The first-order chi connectivity index (χ1) is 7.46. The van der Waals surface area contributed by atoms with E-state index >= 15 is 0 Å². The van der Waals surface area contributed by atoms with Crippen LogP contribution in [0.4, 0.5) is 0 Å². The van der Waals surface area contributed by atoms with E-state index in [9.17, 15) is 4.79 Å². The maximum atomic E-state index is 12.0. The van der Waals surface area contributed by atoms with E-state index in [0.29, 0.717) is 13.1 Å². The predicted octanol–water partition coefficient (Wildman–Crippen LogP) is 2.17. The summed E-state index contributed by atoms with van der Waals surface area (Å²) in [4.78, 5) is 13.7. The third kappa shape index (κ3) is 4.75. The molecule has 1 rings (SSSR count). The summed E-state index contributed by atoms with van der Waals surface area (Å²) in [5.74, 6) is 0.0436. The van der Waals surface area contributed by atoms with Gasteiger partial charge < -0.3 is 10.6 Å². The van der Waals surface area contributed by atoms with Gasteiger partial charge >= 0.3 is 0 Å². The Labute approximate surface area is 109 Å². The summed E-state index contributed by atoms with van der Waals surface area (Å²) in [5, 5.41) is 0. The van der Waals surface area contributed by atoms with Crippen LogP contribution < -0.4 is 5.73 Å². The highest BCUT2D eigenvalue weighted by Crippen LogP contribution is 2.15. The van der Waals surface area contributed by atoms with Gasteiger partial charge in [-0.2, -0.15) is 0 Å². The summed E-state index contributed by atoms with van der Waals surface area (Å²) >= 11 is 0. The maximum absolute atomic E-state index is 12.0. The maximum Gasteiger partial charge on any atom is 0.253 e. The Morgan fingerprint density at radius 2 is 1.82 bits per heavy atom. The summed E-state index contributed by atoms with van der Waals surface area (Å²) in [6, 6.07) is 9.30. The van der Waals surface area contributed by atoms with Gasteiger partial charge in [-0.25, -0.2) is 0 Å².